The van der Waals surface area contributed by atoms with Crippen LogP contribution in [0.25, 0.3) is 0 Å². The lowest BCUT2D eigenvalue weighted by atomic mass is 10.1. The minimum atomic E-state index is -0.106. The largest absolute Gasteiger partial charge is 0.468 e. The van der Waals surface area contributed by atoms with Gasteiger partial charge in [0.05, 0.1) is 25.5 Å². The number of nitrogens with two attached hydrogens (primary N) is 1. The third-order valence-corrected chi connectivity index (χ3v) is 4.08. The molecule has 1 atom stereocenters. The Morgan fingerprint density at radius 1 is 1.33 bits per heavy atom. The number of amides is 1. The van der Waals surface area contributed by atoms with Gasteiger partial charge in [-0.2, -0.15) is 0 Å². The average Bonchev–Trinajstić information content (AvgIpc) is 3.08. The molecule has 1 amide bonds. The van der Waals surface area contributed by atoms with Crippen molar-refractivity contribution in [3.63, 3.8) is 0 Å². The number of hydrogen-bond donors (Lipinski definition) is 2. The summed E-state index contributed by atoms with van der Waals surface area (Å²) in [5.41, 5.74) is 6.87. The molecule has 0 saturated carbocycles. The predicted octanol–water partition coefficient (Wildman–Crippen LogP) is 1.88. The number of nitrogen functional groups attached to an aromatic ring is 1. The molecule has 1 fully saturated rings. The van der Waals surface area contributed by atoms with Crippen LogP contribution in [0.5, 0.6) is 0 Å². The summed E-state index contributed by atoms with van der Waals surface area (Å²) >= 11 is 0. The Labute approximate surface area is 141 Å². The van der Waals surface area contributed by atoms with Crippen LogP contribution in [0, 0.1) is 0 Å². The molecule has 6 heteroatoms. The van der Waals surface area contributed by atoms with Gasteiger partial charge in [-0.25, -0.2) is 0 Å². The number of rotatable bonds is 6. The van der Waals surface area contributed by atoms with E-state index in [-0.39, 0.29) is 12.0 Å². The fraction of sp³-hybridized carbons (Fsp3) is 0.389. The Morgan fingerprint density at radius 2 is 2.25 bits per heavy atom. The van der Waals surface area contributed by atoms with Gasteiger partial charge in [0.25, 0.3) is 5.91 Å². The zero-order chi connectivity index (χ0) is 16.8. The fourth-order valence-corrected chi connectivity index (χ4v) is 2.85. The highest BCUT2D eigenvalue weighted by Crippen LogP contribution is 2.13. The molecule has 3 N–H and O–H groups in total. The lowest BCUT2D eigenvalue weighted by Crippen LogP contribution is -2.43. The number of ether oxygens (including phenoxy) is 1. The third-order valence-electron chi connectivity index (χ3n) is 4.08. The quantitative estimate of drug-likeness (QED) is 0.791. The van der Waals surface area contributed by atoms with Gasteiger partial charge in [0.2, 0.25) is 0 Å². The standard InChI is InChI=1S/C18H23N3O3/c19-15-4-1-3-14(11-15)18(22)20-7-6-17-13-21(8-10-24-17)12-16-5-2-9-23-16/h1-5,9,11,17H,6-8,10,12-13,19H2,(H,20,22). The molecule has 0 spiro atoms. The molecule has 3 rings (SSSR count). The molecule has 1 aliphatic rings. The van der Waals surface area contributed by atoms with Crippen molar-refractivity contribution in [2.24, 2.45) is 0 Å². The Kier molecular flexibility index (Phi) is 5.51. The van der Waals surface area contributed by atoms with Crippen LogP contribution in [0.1, 0.15) is 22.5 Å². The maximum absolute atomic E-state index is 12.1. The van der Waals surface area contributed by atoms with Crippen molar-refractivity contribution in [3.05, 3.63) is 54.0 Å². The van der Waals surface area contributed by atoms with E-state index in [9.17, 15) is 4.79 Å². The maximum Gasteiger partial charge on any atom is 0.251 e. The van der Waals surface area contributed by atoms with Gasteiger partial charge in [0.1, 0.15) is 5.76 Å². The molecule has 2 heterocycles. The first-order valence-electron chi connectivity index (χ1n) is 8.21. The van der Waals surface area contributed by atoms with E-state index in [2.05, 4.69) is 10.2 Å². The lowest BCUT2D eigenvalue weighted by molar-refractivity contribution is -0.0358. The Balaban J connectivity index is 1.42. The van der Waals surface area contributed by atoms with E-state index in [1.54, 1.807) is 30.5 Å². The van der Waals surface area contributed by atoms with E-state index in [1.807, 2.05) is 12.1 Å². The smallest absolute Gasteiger partial charge is 0.251 e. The number of nitrogens with one attached hydrogen (secondary N) is 1. The molecule has 1 aliphatic heterocycles. The minimum Gasteiger partial charge on any atom is -0.468 e. The van der Waals surface area contributed by atoms with Crippen molar-refractivity contribution >= 4 is 11.6 Å². The second-order valence-corrected chi connectivity index (χ2v) is 5.98. The molecule has 6 nitrogen and oxygen atoms in total. The van der Waals surface area contributed by atoms with Gasteiger partial charge in [0.15, 0.2) is 0 Å². The fourth-order valence-electron chi connectivity index (χ4n) is 2.85. The SMILES string of the molecule is Nc1cccc(C(=O)NCCC2CN(Cc3ccco3)CCO2)c1. The van der Waals surface area contributed by atoms with Crippen LogP contribution in [0.4, 0.5) is 5.69 Å². The number of carbonyl (C=O) groups is 1. The number of carbonyl (C=O) groups excluding carboxylic acids is 1. The lowest BCUT2D eigenvalue weighted by Gasteiger charge is -2.32. The number of anilines is 1. The molecule has 0 radical (unpaired) electrons. The summed E-state index contributed by atoms with van der Waals surface area (Å²) in [4.78, 5) is 14.4. The van der Waals surface area contributed by atoms with Gasteiger partial charge >= 0.3 is 0 Å². The number of nitrogens with zero attached hydrogens (tertiary/aromatic N) is 1. The topological polar surface area (TPSA) is 80.7 Å². The highest BCUT2D eigenvalue weighted by atomic mass is 16.5. The molecule has 1 saturated heterocycles. The van der Waals surface area contributed by atoms with E-state index in [0.717, 1.165) is 31.8 Å². The van der Waals surface area contributed by atoms with Crippen molar-refractivity contribution in [1.82, 2.24) is 10.2 Å². The third kappa shape index (κ3) is 4.59. The Bertz CT molecular complexity index is 657. The highest BCUT2D eigenvalue weighted by molar-refractivity contribution is 5.94. The monoisotopic (exact) mass is 329 g/mol. The summed E-state index contributed by atoms with van der Waals surface area (Å²) < 4.78 is 11.2. The molecule has 24 heavy (non-hydrogen) atoms. The van der Waals surface area contributed by atoms with Gasteiger partial charge in [-0.1, -0.05) is 6.07 Å². The number of furan rings is 1. The Hall–Kier alpha value is -2.31. The number of hydrogen-bond acceptors (Lipinski definition) is 5. The van der Waals surface area contributed by atoms with E-state index in [1.165, 1.54) is 0 Å². The van der Waals surface area contributed by atoms with Gasteiger partial charge in [0, 0.05) is 30.9 Å². The summed E-state index contributed by atoms with van der Waals surface area (Å²) in [6.07, 6.45) is 2.59. The average molecular weight is 329 g/mol. The second-order valence-electron chi connectivity index (χ2n) is 5.98. The van der Waals surface area contributed by atoms with Crippen LogP contribution >= 0.6 is 0 Å². The minimum absolute atomic E-state index is 0.106. The van der Waals surface area contributed by atoms with Crippen LogP contribution in [0.3, 0.4) is 0 Å². The van der Waals surface area contributed by atoms with Crippen molar-refractivity contribution in [2.45, 2.75) is 19.1 Å². The predicted molar refractivity (Wildman–Crippen MR) is 91.5 cm³/mol. The molecule has 2 aromatic rings. The molecular formula is C18H23N3O3. The van der Waals surface area contributed by atoms with E-state index >= 15 is 0 Å². The second kappa shape index (κ2) is 7.99. The maximum atomic E-state index is 12.1. The zero-order valence-corrected chi connectivity index (χ0v) is 13.6. The summed E-state index contributed by atoms with van der Waals surface area (Å²) in [6.45, 7) is 3.81. The van der Waals surface area contributed by atoms with Crippen LogP contribution in [0.15, 0.2) is 47.1 Å². The summed E-state index contributed by atoms with van der Waals surface area (Å²) in [7, 11) is 0. The van der Waals surface area contributed by atoms with Crippen LogP contribution in [-0.2, 0) is 11.3 Å². The van der Waals surface area contributed by atoms with Crippen molar-refractivity contribution < 1.29 is 13.9 Å². The molecule has 1 aromatic heterocycles. The first-order chi connectivity index (χ1) is 11.7. The van der Waals surface area contributed by atoms with Gasteiger partial charge in [-0.3, -0.25) is 9.69 Å². The first-order valence-corrected chi connectivity index (χ1v) is 8.21. The highest BCUT2D eigenvalue weighted by Gasteiger charge is 2.21. The van der Waals surface area contributed by atoms with Crippen molar-refractivity contribution in [2.75, 3.05) is 32.0 Å². The van der Waals surface area contributed by atoms with E-state index in [0.29, 0.717) is 24.4 Å². The van der Waals surface area contributed by atoms with Crippen LogP contribution in [0.2, 0.25) is 0 Å². The summed E-state index contributed by atoms with van der Waals surface area (Å²) in [5.74, 6) is 0.858. The van der Waals surface area contributed by atoms with Crippen molar-refractivity contribution in [3.8, 4) is 0 Å². The van der Waals surface area contributed by atoms with E-state index < -0.39 is 0 Å². The van der Waals surface area contributed by atoms with Crippen molar-refractivity contribution in [1.29, 1.82) is 0 Å². The summed E-state index contributed by atoms with van der Waals surface area (Å²) in [5, 5.41) is 2.92. The van der Waals surface area contributed by atoms with Gasteiger partial charge < -0.3 is 20.2 Å². The molecule has 0 bridgehead atoms. The Morgan fingerprint density at radius 3 is 3.04 bits per heavy atom. The zero-order valence-electron chi connectivity index (χ0n) is 13.6. The van der Waals surface area contributed by atoms with Gasteiger partial charge in [-0.05, 0) is 36.8 Å². The molecular weight excluding hydrogens is 306 g/mol. The summed E-state index contributed by atoms with van der Waals surface area (Å²) in [6, 6.07) is 10.9. The molecule has 1 aromatic carbocycles. The van der Waals surface area contributed by atoms with Gasteiger partial charge in [-0.15, -0.1) is 0 Å². The normalized spacial score (nSPS) is 18.4. The number of morpholine rings is 1. The first kappa shape index (κ1) is 16.5. The van der Waals surface area contributed by atoms with Crippen LogP contribution < -0.4 is 11.1 Å². The number of benzene rings is 1. The van der Waals surface area contributed by atoms with Crippen LogP contribution in [-0.4, -0.2) is 43.2 Å². The molecule has 1 unspecified atom stereocenters. The molecule has 0 aliphatic carbocycles. The molecule has 128 valence electrons. The van der Waals surface area contributed by atoms with E-state index in [4.69, 9.17) is 14.9 Å².